The molecule has 12 heteroatoms. The van der Waals surface area contributed by atoms with Crippen molar-refractivity contribution in [3.8, 4) is 0 Å². The van der Waals surface area contributed by atoms with E-state index in [1.165, 1.54) is 0 Å². The van der Waals surface area contributed by atoms with Crippen LogP contribution in [0.1, 0.15) is 168 Å². The van der Waals surface area contributed by atoms with Gasteiger partial charge in [0.1, 0.15) is 17.5 Å². The quantitative estimate of drug-likeness (QED) is 0.0120. The lowest BCUT2D eigenvalue weighted by Crippen LogP contribution is -2.31. The molecule has 52 heavy (non-hydrogen) atoms. The van der Waals surface area contributed by atoms with Crippen LogP contribution >= 0.6 is 31.9 Å². The van der Waals surface area contributed by atoms with E-state index in [2.05, 4.69) is 57.9 Å². The zero-order chi connectivity index (χ0) is 38.7. The number of carbonyl (C=O) groups excluding carboxylic acids is 4. The molecule has 0 aromatic carbocycles. The first-order valence-corrected chi connectivity index (χ1v) is 21.6. The van der Waals surface area contributed by atoms with Crippen LogP contribution in [0.5, 0.6) is 0 Å². The van der Waals surface area contributed by atoms with Gasteiger partial charge in [-0.1, -0.05) is 118 Å². The molecule has 302 valence electrons. The van der Waals surface area contributed by atoms with Crippen LogP contribution < -0.4 is 0 Å². The van der Waals surface area contributed by atoms with Gasteiger partial charge >= 0.3 is 22.8 Å². The van der Waals surface area contributed by atoms with Gasteiger partial charge in [0, 0.05) is 28.8 Å². The van der Waals surface area contributed by atoms with Crippen molar-refractivity contribution in [1.29, 1.82) is 0 Å². The molecule has 0 bridgehead atoms. The van der Waals surface area contributed by atoms with Gasteiger partial charge < -0.3 is 29.2 Å². The van der Waals surface area contributed by atoms with Crippen molar-refractivity contribution in [2.24, 2.45) is 0 Å². The Morgan fingerprint density at radius 1 is 0.558 bits per heavy atom. The van der Waals surface area contributed by atoms with Crippen molar-refractivity contribution in [1.82, 2.24) is 0 Å². The summed E-state index contributed by atoms with van der Waals surface area (Å²) in [6.45, 7) is 3.88. The maximum absolute atomic E-state index is 12.0. The minimum atomic E-state index is -0.715. The van der Waals surface area contributed by atoms with Gasteiger partial charge in [-0.3, -0.25) is 14.4 Å². The van der Waals surface area contributed by atoms with E-state index in [4.69, 9.17) is 18.9 Å². The van der Waals surface area contributed by atoms with Crippen LogP contribution in [-0.2, 0) is 33.3 Å². The number of unbranched alkanes of at least 4 members (excludes halogenated alkanes) is 14. The second-order valence-corrected chi connectivity index (χ2v) is 14.6. The first kappa shape index (κ1) is 50.2. The molecule has 0 aliphatic heterocycles. The molecule has 0 amide bonds. The molecule has 0 aromatic heterocycles. The number of allylic oxidation sites excluding steroid dienone is 2. The summed E-state index contributed by atoms with van der Waals surface area (Å²) in [7, 11) is 0. The van der Waals surface area contributed by atoms with E-state index in [9.17, 15) is 29.4 Å². The highest BCUT2D eigenvalue weighted by molar-refractivity contribution is 9.18. The van der Waals surface area contributed by atoms with E-state index in [0.29, 0.717) is 38.5 Å². The summed E-state index contributed by atoms with van der Waals surface area (Å²) in [5, 5.41) is 21.0. The summed E-state index contributed by atoms with van der Waals surface area (Å²) >= 11 is 5.90. The fourth-order valence-corrected chi connectivity index (χ4v) is 5.98. The number of esters is 3. The van der Waals surface area contributed by atoms with Crippen LogP contribution in [0.2, 0.25) is 0 Å². The first-order valence-electron chi connectivity index (χ1n) is 19.7. The number of hydrogen-bond donors (Lipinski definition) is 2. The highest BCUT2D eigenvalue weighted by Gasteiger charge is 2.22. The Labute approximate surface area is 330 Å². The van der Waals surface area contributed by atoms with Crippen molar-refractivity contribution in [3.05, 3.63) is 24.3 Å². The maximum atomic E-state index is 12.0. The van der Waals surface area contributed by atoms with Crippen LogP contribution in [0.3, 0.4) is 0 Å². The van der Waals surface area contributed by atoms with Crippen LogP contribution in [0.4, 0.5) is 4.79 Å². The molecule has 0 rings (SSSR count). The summed E-state index contributed by atoms with van der Waals surface area (Å²) in [5.41, 5.74) is 0. The third kappa shape index (κ3) is 31.7. The Balaban J connectivity index is 3.79. The number of aliphatic hydroxyl groups is 2. The Morgan fingerprint density at radius 2 is 0.981 bits per heavy atom. The smallest absolute Gasteiger partial charge is 0.374 e. The molecule has 0 fully saturated rings. The molecular formula is C40H68Br2O10. The predicted octanol–water partition coefficient (Wildman–Crippen LogP) is 10.5. The lowest BCUT2D eigenvalue weighted by atomic mass is 10.0. The molecule has 2 N–H and O–H groups in total. The van der Waals surface area contributed by atoms with E-state index in [1.54, 1.807) is 0 Å². The molecule has 0 saturated heterocycles. The Bertz CT molecular complexity index is 974. The zero-order valence-electron chi connectivity index (χ0n) is 31.9. The number of ether oxygens (including phenoxy) is 4. The highest BCUT2D eigenvalue weighted by Crippen LogP contribution is 2.17. The van der Waals surface area contributed by atoms with E-state index in [-0.39, 0.29) is 30.0 Å². The highest BCUT2D eigenvalue weighted by atomic mass is 79.9. The van der Waals surface area contributed by atoms with E-state index < -0.39 is 29.3 Å². The molecule has 4 atom stereocenters. The van der Waals surface area contributed by atoms with Crippen LogP contribution in [0, 0.1) is 0 Å². The van der Waals surface area contributed by atoms with E-state index in [1.807, 2.05) is 12.2 Å². The monoisotopic (exact) mass is 866 g/mol. The van der Waals surface area contributed by atoms with Gasteiger partial charge in [-0.2, -0.15) is 0 Å². The van der Waals surface area contributed by atoms with Crippen molar-refractivity contribution in [3.63, 3.8) is 0 Å². The van der Waals surface area contributed by atoms with Crippen molar-refractivity contribution in [2.45, 2.75) is 192 Å². The number of halogens is 2. The van der Waals surface area contributed by atoms with Gasteiger partial charge in [-0.25, -0.2) is 4.79 Å². The van der Waals surface area contributed by atoms with Gasteiger partial charge in [-0.05, 0) is 77.0 Å². The van der Waals surface area contributed by atoms with Gasteiger partial charge in [0.05, 0.1) is 12.2 Å². The van der Waals surface area contributed by atoms with Crippen molar-refractivity contribution in [2.75, 3.05) is 12.1 Å². The zero-order valence-corrected chi connectivity index (χ0v) is 35.1. The van der Waals surface area contributed by atoms with Crippen LogP contribution in [0.25, 0.3) is 0 Å². The predicted molar refractivity (Wildman–Crippen MR) is 212 cm³/mol. The normalized spacial score (nSPS) is 13.9. The molecule has 0 aromatic rings. The summed E-state index contributed by atoms with van der Waals surface area (Å²) in [4.78, 5) is 46.3. The van der Waals surface area contributed by atoms with Crippen LogP contribution in [-0.4, -0.2) is 69.5 Å². The summed E-state index contributed by atoms with van der Waals surface area (Å²) in [6.07, 6.45) is 25.8. The maximum Gasteiger partial charge on any atom is 0.374 e. The first-order chi connectivity index (χ1) is 25.1. The Morgan fingerprint density at radius 3 is 1.40 bits per heavy atom. The minimum absolute atomic E-state index is 0.122. The molecule has 0 radical (unpaired) electrons. The number of rotatable bonds is 35. The molecule has 0 heterocycles. The minimum Gasteiger partial charge on any atom is -0.459 e. The molecule has 0 aliphatic rings. The van der Waals surface area contributed by atoms with E-state index >= 15 is 0 Å². The van der Waals surface area contributed by atoms with Crippen molar-refractivity contribution < 1.29 is 48.3 Å². The fraction of sp³-hybridized carbons (Fsp3) is 0.800. The van der Waals surface area contributed by atoms with Gasteiger partial charge in [-0.15, -0.1) is 0 Å². The fourth-order valence-electron chi connectivity index (χ4n) is 5.61. The summed E-state index contributed by atoms with van der Waals surface area (Å²) in [5.74, 6) is -1.07. The lowest BCUT2D eigenvalue weighted by Gasteiger charge is -2.22. The topological polar surface area (TPSA) is 146 Å². The SMILES string of the molecule is CCCCCC(OC(=O)Br)C(O)C/C=C\CCCCCCCC(=O)OCOC(=O)CCCCCCC/C=C\CC(O)C(CCCCC)OC(=O)CBr. The third-order valence-electron chi connectivity index (χ3n) is 8.71. The average Bonchev–Trinajstić information content (AvgIpc) is 3.11. The number of alkyl halides is 1. The molecule has 0 aliphatic carbocycles. The standard InChI is InChI=1S/C40H68Br2O10/c1-3-5-19-27-35(51-39(47)31-41)33(43)25-21-15-11-7-9-13-17-23-29-37(45)49-32-50-38(46)30-24-18-14-10-8-12-16-22-26-34(44)36(52-40(42)48)28-20-6-4-2/h15-16,21-22,33-36,43-44H,3-14,17-20,23-32H2,1-2H3/b21-15-,22-16-. The summed E-state index contributed by atoms with van der Waals surface area (Å²) < 4.78 is 20.7. The van der Waals surface area contributed by atoms with Gasteiger partial charge in [0.2, 0.25) is 6.79 Å². The number of carbonyl (C=O) groups is 4. The Hall–Kier alpha value is -1.76. The van der Waals surface area contributed by atoms with Gasteiger partial charge in [0.25, 0.3) is 0 Å². The average molecular weight is 869 g/mol. The van der Waals surface area contributed by atoms with Crippen molar-refractivity contribution >= 4 is 54.6 Å². The molecule has 10 nitrogen and oxygen atoms in total. The second-order valence-electron chi connectivity index (χ2n) is 13.4. The van der Waals surface area contributed by atoms with Gasteiger partial charge in [0.15, 0.2) is 0 Å². The Kier molecular flexibility index (Phi) is 35.0. The number of aliphatic hydroxyl groups excluding tert-OH is 2. The second kappa shape index (κ2) is 36.2. The molecule has 0 spiro atoms. The number of hydrogen-bond acceptors (Lipinski definition) is 10. The third-order valence-corrected chi connectivity index (χ3v) is 9.36. The van der Waals surface area contributed by atoms with E-state index in [0.717, 1.165) is 116 Å². The lowest BCUT2D eigenvalue weighted by molar-refractivity contribution is -0.167. The summed E-state index contributed by atoms with van der Waals surface area (Å²) in [6, 6.07) is 0. The molecular weight excluding hydrogens is 800 g/mol. The molecule has 0 saturated carbocycles. The largest absolute Gasteiger partial charge is 0.459 e. The van der Waals surface area contributed by atoms with Crippen LogP contribution in [0.15, 0.2) is 24.3 Å². The molecule has 4 unspecified atom stereocenters.